The molecule has 2 atom stereocenters. The summed E-state index contributed by atoms with van der Waals surface area (Å²) >= 11 is 0. The Balaban J connectivity index is 1.43. The number of nitrogens with zero attached hydrogens (tertiary/aromatic N) is 1. The van der Waals surface area contributed by atoms with E-state index in [2.05, 4.69) is 78.6 Å². The van der Waals surface area contributed by atoms with Crippen LogP contribution in [0.25, 0.3) is 0 Å². The van der Waals surface area contributed by atoms with Crippen LogP contribution in [0.4, 0.5) is 0 Å². The third-order valence-corrected chi connectivity index (χ3v) is 7.71. The van der Waals surface area contributed by atoms with Crippen molar-refractivity contribution in [2.24, 2.45) is 0 Å². The first kappa shape index (κ1) is 23.0. The smallest absolute Gasteiger partial charge is 0.122 e. The van der Waals surface area contributed by atoms with Crippen molar-refractivity contribution in [3.63, 3.8) is 0 Å². The molecule has 3 aromatic rings. The molecule has 0 bridgehead atoms. The van der Waals surface area contributed by atoms with Gasteiger partial charge in [0.15, 0.2) is 0 Å². The van der Waals surface area contributed by atoms with Gasteiger partial charge < -0.3 is 9.47 Å². The number of hydrogen-bond donors (Lipinski definition) is 0. The molecule has 5 rings (SSSR count). The van der Waals surface area contributed by atoms with E-state index in [4.69, 9.17) is 9.47 Å². The Labute approximate surface area is 204 Å². The van der Waals surface area contributed by atoms with Gasteiger partial charge in [-0.3, -0.25) is 4.90 Å². The van der Waals surface area contributed by atoms with Gasteiger partial charge >= 0.3 is 0 Å². The first-order valence-electron chi connectivity index (χ1n) is 12.9. The first-order valence-corrected chi connectivity index (χ1v) is 12.9. The maximum atomic E-state index is 6.21. The molecule has 2 aliphatic rings. The van der Waals surface area contributed by atoms with Gasteiger partial charge in [0.25, 0.3) is 0 Å². The van der Waals surface area contributed by atoms with E-state index in [1.54, 1.807) is 7.11 Å². The van der Waals surface area contributed by atoms with Gasteiger partial charge in [-0.2, -0.15) is 0 Å². The summed E-state index contributed by atoms with van der Waals surface area (Å²) in [4.78, 5) is 2.50. The molecule has 178 valence electrons. The molecular weight excluding hydrogens is 418 g/mol. The SMILES string of the molecule is COc1ccc(C(c2ccc(OCCN3CCCC3)c(C)c2)C2CCCc3ccccc32)cc1. The number of rotatable bonds is 8. The summed E-state index contributed by atoms with van der Waals surface area (Å²) < 4.78 is 11.7. The average Bonchev–Trinajstić information content (AvgIpc) is 3.40. The molecule has 1 heterocycles. The fraction of sp³-hybridized carbons (Fsp3) is 0.419. The molecular formula is C31H37NO2. The molecule has 0 amide bonds. The number of methoxy groups -OCH3 is 1. The maximum absolute atomic E-state index is 6.21. The number of hydrogen-bond acceptors (Lipinski definition) is 3. The van der Waals surface area contributed by atoms with Gasteiger partial charge in [-0.25, -0.2) is 0 Å². The molecule has 0 radical (unpaired) electrons. The molecule has 1 aliphatic carbocycles. The summed E-state index contributed by atoms with van der Waals surface area (Å²) in [7, 11) is 1.73. The second-order valence-electron chi connectivity index (χ2n) is 9.87. The second kappa shape index (κ2) is 10.7. The van der Waals surface area contributed by atoms with Crippen LogP contribution < -0.4 is 9.47 Å². The van der Waals surface area contributed by atoms with Crippen molar-refractivity contribution in [2.75, 3.05) is 33.4 Å². The molecule has 34 heavy (non-hydrogen) atoms. The zero-order valence-electron chi connectivity index (χ0n) is 20.6. The van der Waals surface area contributed by atoms with Crippen molar-refractivity contribution in [1.29, 1.82) is 0 Å². The molecule has 1 fully saturated rings. The fourth-order valence-electron chi connectivity index (χ4n) is 5.92. The largest absolute Gasteiger partial charge is 0.497 e. The summed E-state index contributed by atoms with van der Waals surface area (Å²) in [6.07, 6.45) is 6.28. The molecule has 2 unspecified atom stereocenters. The monoisotopic (exact) mass is 455 g/mol. The number of ether oxygens (including phenoxy) is 2. The number of aryl methyl sites for hydroxylation is 2. The lowest BCUT2D eigenvalue weighted by Gasteiger charge is -2.33. The van der Waals surface area contributed by atoms with Crippen molar-refractivity contribution in [1.82, 2.24) is 4.90 Å². The highest BCUT2D eigenvalue weighted by molar-refractivity contribution is 5.46. The van der Waals surface area contributed by atoms with E-state index in [0.29, 0.717) is 11.8 Å². The minimum absolute atomic E-state index is 0.310. The van der Waals surface area contributed by atoms with E-state index in [1.807, 2.05) is 0 Å². The molecule has 0 N–H and O–H groups in total. The van der Waals surface area contributed by atoms with Crippen LogP contribution in [0.15, 0.2) is 66.7 Å². The molecule has 1 saturated heterocycles. The lowest BCUT2D eigenvalue weighted by Crippen LogP contribution is -2.25. The molecule has 3 aromatic carbocycles. The topological polar surface area (TPSA) is 21.7 Å². The van der Waals surface area contributed by atoms with E-state index < -0.39 is 0 Å². The van der Waals surface area contributed by atoms with Gasteiger partial charge in [0.1, 0.15) is 18.1 Å². The van der Waals surface area contributed by atoms with E-state index in [9.17, 15) is 0 Å². The van der Waals surface area contributed by atoms with Crippen molar-refractivity contribution in [2.45, 2.75) is 50.9 Å². The van der Waals surface area contributed by atoms with E-state index >= 15 is 0 Å². The minimum Gasteiger partial charge on any atom is -0.497 e. The lowest BCUT2D eigenvalue weighted by atomic mass is 9.70. The third kappa shape index (κ3) is 5.00. The summed E-state index contributed by atoms with van der Waals surface area (Å²) in [5.41, 5.74) is 6.97. The molecule has 1 aliphatic heterocycles. The molecule has 0 aromatic heterocycles. The Bertz CT molecular complexity index is 1080. The van der Waals surface area contributed by atoms with Gasteiger partial charge in [-0.15, -0.1) is 0 Å². The Morgan fingerprint density at radius 2 is 1.68 bits per heavy atom. The number of benzene rings is 3. The van der Waals surface area contributed by atoms with Crippen molar-refractivity contribution in [3.05, 3.63) is 94.5 Å². The lowest BCUT2D eigenvalue weighted by molar-refractivity contribution is 0.237. The summed E-state index contributed by atoms with van der Waals surface area (Å²) in [5.74, 6) is 2.70. The normalized spacial score (nSPS) is 18.9. The number of likely N-dealkylation sites (tertiary alicyclic amines) is 1. The van der Waals surface area contributed by atoms with Crippen LogP contribution in [0.3, 0.4) is 0 Å². The Morgan fingerprint density at radius 3 is 2.44 bits per heavy atom. The van der Waals surface area contributed by atoms with Crippen LogP contribution in [0.1, 0.15) is 65.3 Å². The molecule has 0 saturated carbocycles. The van der Waals surface area contributed by atoms with Crippen LogP contribution in [-0.2, 0) is 6.42 Å². The predicted octanol–water partition coefficient (Wildman–Crippen LogP) is 6.73. The van der Waals surface area contributed by atoms with Gasteiger partial charge in [0.2, 0.25) is 0 Å². The standard InChI is InChI=1S/C31H37NO2/c1-23-22-26(14-17-30(23)34-21-20-32-18-5-6-19-32)31(25-12-15-27(33-2)16-13-25)29-11-7-9-24-8-3-4-10-28(24)29/h3-4,8,10,12-17,22,29,31H,5-7,9,11,18-21H2,1-2H3. The van der Waals surface area contributed by atoms with Crippen LogP contribution in [0.2, 0.25) is 0 Å². The van der Waals surface area contributed by atoms with Crippen LogP contribution >= 0.6 is 0 Å². The second-order valence-corrected chi connectivity index (χ2v) is 9.87. The van der Waals surface area contributed by atoms with Gasteiger partial charge in [0, 0.05) is 12.5 Å². The Kier molecular flexibility index (Phi) is 7.20. The zero-order chi connectivity index (χ0) is 23.3. The molecule has 0 spiro atoms. The molecule has 3 heteroatoms. The van der Waals surface area contributed by atoms with Crippen molar-refractivity contribution < 1.29 is 9.47 Å². The minimum atomic E-state index is 0.310. The van der Waals surface area contributed by atoms with E-state index in [-0.39, 0.29) is 0 Å². The van der Waals surface area contributed by atoms with Crippen LogP contribution in [-0.4, -0.2) is 38.3 Å². The maximum Gasteiger partial charge on any atom is 0.122 e. The summed E-state index contributed by atoms with van der Waals surface area (Å²) in [6, 6.07) is 24.6. The summed E-state index contributed by atoms with van der Waals surface area (Å²) in [6.45, 7) is 6.41. The zero-order valence-corrected chi connectivity index (χ0v) is 20.6. The summed E-state index contributed by atoms with van der Waals surface area (Å²) in [5, 5.41) is 0. The highest BCUT2D eigenvalue weighted by Gasteiger charge is 2.30. The van der Waals surface area contributed by atoms with Crippen molar-refractivity contribution in [3.8, 4) is 11.5 Å². The molecule has 3 nitrogen and oxygen atoms in total. The van der Waals surface area contributed by atoms with E-state index in [1.165, 1.54) is 73.0 Å². The Hall–Kier alpha value is -2.78. The van der Waals surface area contributed by atoms with Gasteiger partial charge in [-0.05, 0) is 104 Å². The third-order valence-electron chi connectivity index (χ3n) is 7.71. The van der Waals surface area contributed by atoms with Gasteiger partial charge in [-0.1, -0.05) is 48.5 Å². The van der Waals surface area contributed by atoms with Crippen molar-refractivity contribution >= 4 is 0 Å². The van der Waals surface area contributed by atoms with E-state index in [0.717, 1.165) is 24.7 Å². The van der Waals surface area contributed by atoms with Crippen LogP contribution in [0.5, 0.6) is 11.5 Å². The highest BCUT2D eigenvalue weighted by Crippen LogP contribution is 2.46. The van der Waals surface area contributed by atoms with Crippen LogP contribution in [0, 0.1) is 6.92 Å². The highest BCUT2D eigenvalue weighted by atomic mass is 16.5. The first-order chi connectivity index (χ1) is 16.7. The predicted molar refractivity (Wildman–Crippen MR) is 139 cm³/mol. The average molecular weight is 456 g/mol. The fourth-order valence-corrected chi connectivity index (χ4v) is 5.92. The Morgan fingerprint density at radius 1 is 0.912 bits per heavy atom. The van der Waals surface area contributed by atoms with Gasteiger partial charge in [0.05, 0.1) is 7.11 Å². The quantitative estimate of drug-likeness (QED) is 0.376. The number of fused-ring (bicyclic) bond motifs is 1.